The predicted octanol–water partition coefficient (Wildman–Crippen LogP) is 0.0624. The summed E-state index contributed by atoms with van der Waals surface area (Å²) in [6.45, 7) is 3.40. The first-order valence-corrected chi connectivity index (χ1v) is 6.80. The Morgan fingerprint density at radius 3 is 2.90 bits per heavy atom. The van der Waals surface area contributed by atoms with Crippen LogP contribution in [-0.2, 0) is 16.1 Å². The van der Waals surface area contributed by atoms with Crippen LogP contribution in [0.25, 0.3) is 0 Å². The second kappa shape index (κ2) is 6.11. The molecule has 0 aliphatic carbocycles. The van der Waals surface area contributed by atoms with Crippen LogP contribution in [0.3, 0.4) is 0 Å². The van der Waals surface area contributed by atoms with Gasteiger partial charge in [0.15, 0.2) is 11.5 Å². The standard InChI is InChI=1S/C14H18N2O4/c17-14(11-9-18-4-3-15-11)16-8-10-1-2-12-13(7-10)20-6-5-19-12/h1-2,7,11,15H,3-6,8-9H2,(H,16,17). The molecule has 0 aromatic heterocycles. The Bertz CT molecular complexity index is 486. The normalized spacial score (nSPS) is 21.3. The third-order valence-corrected chi connectivity index (χ3v) is 3.31. The molecule has 0 radical (unpaired) electrons. The molecule has 1 aromatic carbocycles. The SMILES string of the molecule is O=C(NCc1ccc2c(c1)OCCO2)C1COCCN1. The lowest BCUT2D eigenvalue weighted by atomic mass is 10.2. The second-order valence-electron chi connectivity index (χ2n) is 4.78. The van der Waals surface area contributed by atoms with Gasteiger partial charge in [-0.3, -0.25) is 4.79 Å². The van der Waals surface area contributed by atoms with Crippen molar-refractivity contribution in [2.75, 3.05) is 33.0 Å². The molecule has 0 spiro atoms. The summed E-state index contributed by atoms with van der Waals surface area (Å²) in [5.41, 5.74) is 0.985. The number of morpholine rings is 1. The Labute approximate surface area is 117 Å². The summed E-state index contributed by atoms with van der Waals surface area (Å²) in [6, 6.07) is 5.44. The Morgan fingerprint density at radius 2 is 2.10 bits per heavy atom. The number of carbonyl (C=O) groups excluding carboxylic acids is 1. The van der Waals surface area contributed by atoms with Gasteiger partial charge in [-0.1, -0.05) is 6.07 Å². The maximum atomic E-state index is 12.0. The molecule has 1 aromatic rings. The van der Waals surface area contributed by atoms with Crippen LogP contribution in [0.1, 0.15) is 5.56 Å². The summed E-state index contributed by atoms with van der Waals surface area (Å²) in [6.07, 6.45) is 0. The summed E-state index contributed by atoms with van der Waals surface area (Å²) in [5.74, 6) is 1.45. The summed E-state index contributed by atoms with van der Waals surface area (Å²) in [4.78, 5) is 12.0. The molecule has 108 valence electrons. The highest BCUT2D eigenvalue weighted by molar-refractivity contribution is 5.82. The van der Waals surface area contributed by atoms with Gasteiger partial charge in [-0.25, -0.2) is 0 Å². The van der Waals surface area contributed by atoms with Crippen LogP contribution >= 0.6 is 0 Å². The average Bonchev–Trinajstić information content (AvgIpc) is 2.53. The Morgan fingerprint density at radius 1 is 1.25 bits per heavy atom. The molecule has 6 heteroatoms. The van der Waals surface area contributed by atoms with Gasteiger partial charge in [0.1, 0.15) is 19.3 Å². The molecule has 1 amide bonds. The van der Waals surface area contributed by atoms with E-state index in [9.17, 15) is 4.79 Å². The fourth-order valence-corrected chi connectivity index (χ4v) is 2.24. The van der Waals surface area contributed by atoms with Crippen molar-refractivity contribution in [1.82, 2.24) is 10.6 Å². The summed E-state index contributed by atoms with van der Waals surface area (Å²) < 4.78 is 16.2. The van der Waals surface area contributed by atoms with E-state index in [1.165, 1.54) is 0 Å². The van der Waals surface area contributed by atoms with Crippen molar-refractivity contribution in [3.8, 4) is 11.5 Å². The molecule has 6 nitrogen and oxygen atoms in total. The molecule has 2 heterocycles. The number of fused-ring (bicyclic) bond motifs is 1. The van der Waals surface area contributed by atoms with Gasteiger partial charge in [-0.15, -0.1) is 0 Å². The average molecular weight is 278 g/mol. The van der Waals surface area contributed by atoms with E-state index in [-0.39, 0.29) is 11.9 Å². The van der Waals surface area contributed by atoms with E-state index >= 15 is 0 Å². The number of rotatable bonds is 3. The lowest BCUT2D eigenvalue weighted by Gasteiger charge is -2.23. The van der Waals surface area contributed by atoms with Crippen molar-refractivity contribution in [3.05, 3.63) is 23.8 Å². The van der Waals surface area contributed by atoms with Gasteiger partial charge in [-0.2, -0.15) is 0 Å². The summed E-state index contributed by atoms with van der Waals surface area (Å²) in [5, 5.41) is 6.02. The molecule has 0 bridgehead atoms. The lowest BCUT2D eigenvalue weighted by Crippen LogP contribution is -2.51. The van der Waals surface area contributed by atoms with E-state index < -0.39 is 0 Å². The number of nitrogens with one attached hydrogen (secondary N) is 2. The van der Waals surface area contributed by atoms with E-state index in [1.807, 2.05) is 18.2 Å². The quantitative estimate of drug-likeness (QED) is 0.818. The van der Waals surface area contributed by atoms with Gasteiger partial charge in [0.2, 0.25) is 5.91 Å². The number of hydrogen-bond donors (Lipinski definition) is 2. The smallest absolute Gasteiger partial charge is 0.239 e. The molecular weight excluding hydrogens is 260 g/mol. The fraction of sp³-hybridized carbons (Fsp3) is 0.500. The maximum absolute atomic E-state index is 12.0. The molecule has 0 saturated carbocycles. The fourth-order valence-electron chi connectivity index (χ4n) is 2.24. The van der Waals surface area contributed by atoms with Crippen LogP contribution in [0.15, 0.2) is 18.2 Å². The third-order valence-electron chi connectivity index (χ3n) is 3.31. The number of carbonyl (C=O) groups is 1. The van der Waals surface area contributed by atoms with Crippen LogP contribution < -0.4 is 20.1 Å². The molecular formula is C14H18N2O4. The first kappa shape index (κ1) is 13.2. The largest absolute Gasteiger partial charge is 0.486 e. The first-order chi connectivity index (χ1) is 9.83. The highest BCUT2D eigenvalue weighted by atomic mass is 16.6. The highest BCUT2D eigenvalue weighted by Crippen LogP contribution is 2.30. The third kappa shape index (κ3) is 3.02. The predicted molar refractivity (Wildman–Crippen MR) is 71.9 cm³/mol. The van der Waals surface area contributed by atoms with E-state index in [2.05, 4.69) is 10.6 Å². The van der Waals surface area contributed by atoms with Crippen LogP contribution in [0.4, 0.5) is 0 Å². The van der Waals surface area contributed by atoms with E-state index in [1.54, 1.807) is 0 Å². The summed E-state index contributed by atoms with van der Waals surface area (Å²) in [7, 11) is 0. The maximum Gasteiger partial charge on any atom is 0.239 e. The number of ether oxygens (including phenoxy) is 3. The van der Waals surface area contributed by atoms with Crippen LogP contribution in [0.5, 0.6) is 11.5 Å². The van der Waals surface area contributed by atoms with Gasteiger partial charge in [0.05, 0.1) is 13.2 Å². The van der Waals surface area contributed by atoms with Crippen molar-refractivity contribution >= 4 is 5.91 Å². The monoisotopic (exact) mass is 278 g/mol. The van der Waals surface area contributed by atoms with Gasteiger partial charge >= 0.3 is 0 Å². The van der Waals surface area contributed by atoms with Crippen LogP contribution in [-0.4, -0.2) is 44.9 Å². The molecule has 20 heavy (non-hydrogen) atoms. The zero-order valence-corrected chi connectivity index (χ0v) is 11.2. The van der Waals surface area contributed by atoms with Gasteiger partial charge in [0.25, 0.3) is 0 Å². The second-order valence-corrected chi connectivity index (χ2v) is 4.78. The van der Waals surface area contributed by atoms with Crippen molar-refractivity contribution in [2.45, 2.75) is 12.6 Å². The van der Waals surface area contributed by atoms with Crippen molar-refractivity contribution < 1.29 is 19.0 Å². The van der Waals surface area contributed by atoms with Crippen molar-refractivity contribution in [3.63, 3.8) is 0 Å². The Kier molecular flexibility index (Phi) is 4.03. The molecule has 3 rings (SSSR count). The van der Waals surface area contributed by atoms with Crippen molar-refractivity contribution in [2.24, 2.45) is 0 Å². The Hall–Kier alpha value is -1.79. The number of amides is 1. The van der Waals surface area contributed by atoms with Crippen LogP contribution in [0, 0.1) is 0 Å². The zero-order valence-electron chi connectivity index (χ0n) is 11.2. The van der Waals surface area contributed by atoms with Gasteiger partial charge in [0, 0.05) is 13.1 Å². The van der Waals surface area contributed by atoms with Gasteiger partial charge < -0.3 is 24.8 Å². The van der Waals surface area contributed by atoms with E-state index in [0.29, 0.717) is 39.5 Å². The molecule has 1 unspecified atom stereocenters. The van der Waals surface area contributed by atoms with Crippen molar-refractivity contribution in [1.29, 1.82) is 0 Å². The topological polar surface area (TPSA) is 68.8 Å². The van der Waals surface area contributed by atoms with Gasteiger partial charge in [-0.05, 0) is 17.7 Å². The van der Waals surface area contributed by atoms with E-state index in [0.717, 1.165) is 17.1 Å². The lowest BCUT2D eigenvalue weighted by molar-refractivity contribution is -0.126. The summed E-state index contributed by atoms with van der Waals surface area (Å²) >= 11 is 0. The highest BCUT2D eigenvalue weighted by Gasteiger charge is 2.20. The molecule has 1 fully saturated rings. The van der Waals surface area contributed by atoms with Crippen LogP contribution in [0.2, 0.25) is 0 Å². The number of benzene rings is 1. The first-order valence-electron chi connectivity index (χ1n) is 6.80. The number of hydrogen-bond acceptors (Lipinski definition) is 5. The zero-order chi connectivity index (χ0) is 13.8. The minimum atomic E-state index is -0.263. The molecule has 1 atom stereocenters. The minimum Gasteiger partial charge on any atom is -0.486 e. The molecule has 1 saturated heterocycles. The molecule has 2 aliphatic heterocycles. The Balaban J connectivity index is 1.56. The molecule has 2 N–H and O–H groups in total. The minimum absolute atomic E-state index is 0.0420. The van der Waals surface area contributed by atoms with E-state index in [4.69, 9.17) is 14.2 Å². The molecule has 2 aliphatic rings.